The Kier molecular flexibility index (Phi) is 8.36. The second kappa shape index (κ2) is 10.3. The number of thiocarbonyl (C=S) groups is 1. The summed E-state index contributed by atoms with van der Waals surface area (Å²) in [5, 5.41) is 11.4. The molecular weight excluding hydrogens is 478 g/mol. The van der Waals surface area contributed by atoms with Gasteiger partial charge in [-0.25, -0.2) is 0 Å². The van der Waals surface area contributed by atoms with Crippen LogP contribution in [-0.2, 0) is 4.79 Å². The van der Waals surface area contributed by atoms with Crippen molar-refractivity contribution < 1.29 is 9.59 Å². The fourth-order valence-corrected chi connectivity index (χ4v) is 2.94. The van der Waals surface area contributed by atoms with Crippen LogP contribution in [0.2, 0.25) is 5.02 Å². The number of carbonyl (C=O) groups is 2. The second-order valence-corrected chi connectivity index (χ2v) is 9.03. The van der Waals surface area contributed by atoms with Crippen LogP contribution >= 0.6 is 58.6 Å². The van der Waals surface area contributed by atoms with E-state index in [0.717, 1.165) is 0 Å². The van der Waals surface area contributed by atoms with Gasteiger partial charge in [0.15, 0.2) is 5.11 Å². The van der Waals surface area contributed by atoms with Crippen LogP contribution < -0.4 is 21.3 Å². The lowest BCUT2D eigenvalue weighted by molar-refractivity contribution is -0.114. The summed E-state index contributed by atoms with van der Waals surface area (Å²) in [6, 6.07) is 13.1. The maximum atomic E-state index is 12.4. The van der Waals surface area contributed by atoms with Crippen LogP contribution in [-0.4, -0.2) is 26.9 Å². The number of hydrogen-bond donors (Lipinski definition) is 4. The Morgan fingerprint density at radius 1 is 0.966 bits per heavy atom. The fraction of sp³-hybridized carbons (Fsp3) is 0.167. The number of alkyl halides is 3. The highest BCUT2D eigenvalue weighted by atomic mass is 35.6. The van der Waals surface area contributed by atoms with Gasteiger partial charge in [0.2, 0.25) is 9.70 Å². The van der Waals surface area contributed by atoms with E-state index in [0.29, 0.717) is 22.0 Å². The highest BCUT2D eigenvalue weighted by Crippen LogP contribution is 2.29. The summed E-state index contributed by atoms with van der Waals surface area (Å²) in [6.07, 6.45) is -1.13. The fourth-order valence-electron chi connectivity index (χ4n) is 2.18. The Morgan fingerprint density at radius 3 is 2.07 bits per heavy atom. The van der Waals surface area contributed by atoms with Gasteiger partial charge in [0, 0.05) is 28.9 Å². The molecule has 29 heavy (non-hydrogen) atoms. The lowest BCUT2D eigenvalue weighted by Crippen LogP contribution is -2.56. The van der Waals surface area contributed by atoms with Gasteiger partial charge in [-0.15, -0.1) is 0 Å². The standard InChI is InChI=1S/C18H16Cl4N4O2S/c1-10(27)23-13-5-7-14(8-6-13)24-17(29)26-16(18(20,21)22)25-15(28)11-3-2-4-12(19)9-11/h2-9,16H,1H3,(H,23,27)(H,25,28)(H2,24,26,29)/t16-/m1/s1. The molecule has 2 aromatic rings. The minimum atomic E-state index is -1.89. The monoisotopic (exact) mass is 492 g/mol. The molecule has 0 aliphatic carbocycles. The number of amides is 2. The molecule has 0 aliphatic rings. The van der Waals surface area contributed by atoms with Crippen molar-refractivity contribution in [3.63, 3.8) is 0 Å². The summed E-state index contributed by atoms with van der Waals surface area (Å²) in [6.45, 7) is 1.42. The molecule has 11 heteroatoms. The van der Waals surface area contributed by atoms with Crippen LogP contribution in [0.3, 0.4) is 0 Å². The van der Waals surface area contributed by atoms with E-state index in [2.05, 4.69) is 21.3 Å². The minimum Gasteiger partial charge on any atom is -0.339 e. The molecule has 0 fully saturated rings. The summed E-state index contributed by atoms with van der Waals surface area (Å²) in [4.78, 5) is 23.5. The van der Waals surface area contributed by atoms with Gasteiger partial charge in [-0.05, 0) is 54.7 Å². The van der Waals surface area contributed by atoms with Gasteiger partial charge in [0.1, 0.15) is 6.17 Å². The first-order valence-electron chi connectivity index (χ1n) is 8.13. The third-order valence-electron chi connectivity index (χ3n) is 3.43. The molecule has 0 saturated heterocycles. The van der Waals surface area contributed by atoms with E-state index < -0.39 is 15.9 Å². The van der Waals surface area contributed by atoms with Gasteiger partial charge in [-0.3, -0.25) is 9.59 Å². The van der Waals surface area contributed by atoms with Crippen LogP contribution in [0.25, 0.3) is 0 Å². The molecule has 1 atom stereocenters. The molecule has 0 spiro atoms. The van der Waals surface area contributed by atoms with Gasteiger partial charge < -0.3 is 21.3 Å². The third kappa shape index (κ3) is 7.87. The van der Waals surface area contributed by atoms with Crippen LogP contribution in [0.1, 0.15) is 17.3 Å². The third-order valence-corrected chi connectivity index (χ3v) is 4.54. The van der Waals surface area contributed by atoms with Crippen molar-refractivity contribution in [2.45, 2.75) is 16.9 Å². The number of nitrogens with one attached hydrogen (secondary N) is 4. The van der Waals surface area contributed by atoms with Gasteiger partial charge in [0.25, 0.3) is 5.91 Å². The molecule has 2 amide bonds. The number of carbonyl (C=O) groups excluding carboxylic acids is 2. The Morgan fingerprint density at radius 2 is 1.55 bits per heavy atom. The van der Waals surface area contributed by atoms with Crippen molar-refractivity contribution in [1.82, 2.24) is 10.6 Å². The molecule has 2 rings (SSSR count). The molecule has 154 valence electrons. The Labute approximate surface area is 193 Å². The highest BCUT2D eigenvalue weighted by molar-refractivity contribution is 7.80. The van der Waals surface area contributed by atoms with Crippen LogP contribution in [0.15, 0.2) is 48.5 Å². The van der Waals surface area contributed by atoms with E-state index in [1.54, 1.807) is 42.5 Å². The zero-order valence-electron chi connectivity index (χ0n) is 14.9. The van der Waals surface area contributed by atoms with Gasteiger partial charge in [-0.2, -0.15) is 0 Å². The molecule has 0 unspecified atom stereocenters. The first-order chi connectivity index (χ1) is 13.5. The molecule has 2 aromatic carbocycles. The van der Waals surface area contributed by atoms with Gasteiger partial charge in [0.05, 0.1) is 0 Å². The molecule has 0 heterocycles. The SMILES string of the molecule is CC(=O)Nc1ccc(NC(=S)N[C@@H](NC(=O)c2cccc(Cl)c2)C(Cl)(Cl)Cl)cc1. The van der Waals surface area contributed by atoms with Crippen molar-refractivity contribution in [3.8, 4) is 0 Å². The molecule has 0 aliphatic heterocycles. The van der Waals surface area contributed by atoms with E-state index in [9.17, 15) is 9.59 Å². The zero-order valence-corrected chi connectivity index (χ0v) is 18.8. The average Bonchev–Trinajstić information content (AvgIpc) is 2.61. The molecule has 4 N–H and O–H groups in total. The molecule has 6 nitrogen and oxygen atoms in total. The molecule has 0 aromatic heterocycles. The quantitative estimate of drug-likeness (QED) is 0.275. The van der Waals surface area contributed by atoms with Crippen LogP contribution in [0.4, 0.5) is 11.4 Å². The maximum absolute atomic E-state index is 12.4. The Bertz CT molecular complexity index is 903. The van der Waals surface area contributed by atoms with Crippen molar-refractivity contribution in [2.75, 3.05) is 10.6 Å². The number of hydrogen-bond acceptors (Lipinski definition) is 3. The molecule has 0 bridgehead atoms. The molecular formula is C18H16Cl4N4O2S. The Hall–Kier alpha value is -1.77. The van der Waals surface area contributed by atoms with Crippen molar-refractivity contribution in [1.29, 1.82) is 0 Å². The predicted octanol–water partition coefficient (Wildman–Crippen LogP) is 4.71. The highest BCUT2D eigenvalue weighted by Gasteiger charge is 2.35. The molecule has 0 saturated carbocycles. The summed E-state index contributed by atoms with van der Waals surface area (Å²) in [5.74, 6) is -0.678. The maximum Gasteiger partial charge on any atom is 0.253 e. The number of anilines is 2. The van der Waals surface area contributed by atoms with Crippen molar-refractivity contribution in [2.24, 2.45) is 0 Å². The topological polar surface area (TPSA) is 82.3 Å². The van der Waals surface area contributed by atoms with E-state index in [4.69, 9.17) is 58.6 Å². The number of halogens is 4. The minimum absolute atomic E-state index is 0.111. The van der Waals surface area contributed by atoms with Crippen LogP contribution in [0, 0.1) is 0 Å². The largest absolute Gasteiger partial charge is 0.339 e. The average molecular weight is 494 g/mol. The van der Waals surface area contributed by atoms with Gasteiger partial charge >= 0.3 is 0 Å². The van der Waals surface area contributed by atoms with E-state index in [1.165, 1.54) is 13.0 Å². The lowest BCUT2D eigenvalue weighted by Gasteiger charge is -2.27. The first kappa shape index (κ1) is 23.5. The van der Waals surface area contributed by atoms with Crippen LogP contribution in [0.5, 0.6) is 0 Å². The Balaban J connectivity index is 2.03. The van der Waals surface area contributed by atoms with E-state index >= 15 is 0 Å². The summed E-state index contributed by atoms with van der Waals surface area (Å²) < 4.78 is -1.89. The summed E-state index contributed by atoms with van der Waals surface area (Å²) in [5.41, 5.74) is 1.56. The van der Waals surface area contributed by atoms with E-state index in [-0.39, 0.29) is 11.0 Å². The molecule has 0 radical (unpaired) electrons. The summed E-state index contributed by atoms with van der Waals surface area (Å²) in [7, 11) is 0. The van der Waals surface area contributed by atoms with Crippen molar-refractivity contribution >= 4 is 86.9 Å². The lowest BCUT2D eigenvalue weighted by atomic mass is 10.2. The predicted molar refractivity (Wildman–Crippen MR) is 123 cm³/mol. The second-order valence-electron chi connectivity index (χ2n) is 5.82. The van der Waals surface area contributed by atoms with Crippen molar-refractivity contribution in [3.05, 3.63) is 59.1 Å². The zero-order chi connectivity index (χ0) is 21.6. The smallest absolute Gasteiger partial charge is 0.253 e. The number of rotatable bonds is 5. The normalized spacial score (nSPS) is 11.9. The first-order valence-corrected chi connectivity index (χ1v) is 10.0. The van der Waals surface area contributed by atoms with Gasteiger partial charge in [-0.1, -0.05) is 52.5 Å². The summed E-state index contributed by atoms with van der Waals surface area (Å²) >= 11 is 29.1. The van der Waals surface area contributed by atoms with E-state index in [1.807, 2.05) is 0 Å². The number of benzene rings is 2.